The fourth-order valence-electron chi connectivity index (χ4n) is 2.47. The van der Waals surface area contributed by atoms with E-state index in [1.165, 1.54) is 0 Å². The molecule has 7 heteroatoms. The molecule has 0 radical (unpaired) electrons. The fourth-order valence-corrected chi connectivity index (χ4v) is 2.47. The van der Waals surface area contributed by atoms with E-state index < -0.39 is 17.4 Å². The number of amides is 1. The Morgan fingerprint density at radius 3 is 2.62 bits per heavy atom. The molecule has 1 aliphatic carbocycles. The van der Waals surface area contributed by atoms with Gasteiger partial charge in [0.1, 0.15) is 11.4 Å². The van der Waals surface area contributed by atoms with E-state index in [1.807, 2.05) is 6.92 Å². The van der Waals surface area contributed by atoms with Crippen molar-refractivity contribution in [1.29, 1.82) is 0 Å². The average Bonchev–Trinajstić information content (AvgIpc) is 2.71. The summed E-state index contributed by atoms with van der Waals surface area (Å²) in [6, 6.07) is 0. The molecule has 0 bridgehead atoms. The number of nitrogens with one attached hydrogen (secondary N) is 1. The molecule has 0 spiro atoms. The van der Waals surface area contributed by atoms with Gasteiger partial charge in [0.2, 0.25) is 0 Å². The molecule has 1 saturated carbocycles. The Morgan fingerprint density at radius 1 is 1.48 bits per heavy atom. The number of halogens is 2. The molecule has 1 aromatic heterocycles. The molecule has 1 heterocycles. The summed E-state index contributed by atoms with van der Waals surface area (Å²) in [5.74, 6) is -4.43. The van der Waals surface area contributed by atoms with Gasteiger partial charge in [-0.05, 0) is 46.0 Å². The van der Waals surface area contributed by atoms with Crippen LogP contribution in [0.3, 0.4) is 0 Å². The number of carbonyl (C=O) groups is 1. The molecule has 0 aliphatic heterocycles. The predicted molar refractivity (Wildman–Crippen MR) is 71.1 cm³/mol. The van der Waals surface area contributed by atoms with Gasteiger partial charge in [-0.3, -0.25) is 4.79 Å². The van der Waals surface area contributed by atoms with E-state index in [1.54, 1.807) is 6.92 Å². The highest BCUT2D eigenvalue weighted by Gasteiger charge is 2.60. The molecule has 0 atom stereocenters. The standard InChI is InChI=1S/C14H20F2N2O3/c1-9-11(10(2)21-18-9)5-3-8-17-12(19)14(15,16)13(20)6-4-7-13/h20H,3-8H2,1-2H3,(H,17,19). The molecule has 0 saturated heterocycles. The van der Waals surface area contributed by atoms with Crippen molar-refractivity contribution in [2.24, 2.45) is 0 Å². The Kier molecular flexibility index (Phi) is 4.32. The van der Waals surface area contributed by atoms with E-state index >= 15 is 0 Å². The van der Waals surface area contributed by atoms with E-state index in [4.69, 9.17) is 4.52 Å². The minimum atomic E-state index is -3.73. The normalized spacial score (nSPS) is 17.4. The Bertz CT molecular complexity index is 505. The number of aryl methyl sites for hydroxylation is 2. The Morgan fingerprint density at radius 2 is 2.14 bits per heavy atom. The highest BCUT2D eigenvalue weighted by atomic mass is 19.3. The Labute approximate surface area is 121 Å². The van der Waals surface area contributed by atoms with Crippen LogP contribution < -0.4 is 5.32 Å². The molecular formula is C14H20F2N2O3. The van der Waals surface area contributed by atoms with Crippen LogP contribution in [0.15, 0.2) is 4.52 Å². The number of aromatic nitrogens is 1. The smallest absolute Gasteiger partial charge is 0.352 e. The zero-order chi connectivity index (χ0) is 15.7. The maximum Gasteiger partial charge on any atom is 0.352 e. The summed E-state index contributed by atoms with van der Waals surface area (Å²) in [5, 5.41) is 15.7. The van der Waals surface area contributed by atoms with E-state index in [9.17, 15) is 18.7 Å². The molecule has 21 heavy (non-hydrogen) atoms. The lowest BCUT2D eigenvalue weighted by atomic mass is 9.75. The molecule has 1 amide bonds. The van der Waals surface area contributed by atoms with Gasteiger partial charge < -0.3 is 14.9 Å². The SMILES string of the molecule is Cc1noc(C)c1CCCNC(=O)C(F)(F)C1(O)CCC1. The van der Waals surface area contributed by atoms with Crippen molar-refractivity contribution in [3.8, 4) is 0 Å². The first-order chi connectivity index (χ1) is 9.78. The third-order valence-corrected chi connectivity index (χ3v) is 4.12. The highest BCUT2D eigenvalue weighted by molar-refractivity contribution is 5.85. The maximum absolute atomic E-state index is 13.8. The summed E-state index contributed by atoms with van der Waals surface area (Å²) in [6.45, 7) is 3.72. The number of nitrogens with zero attached hydrogens (tertiary/aromatic N) is 1. The summed E-state index contributed by atoms with van der Waals surface area (Å²) < 4.78 is 32.6. The van der Waals surface area contributed by atoms with Gasteiger partial charge >= 0.3 is 5.92 Å². The minimum Gasteiger partial charge on any atom is -0.383 e. The second-order valence-electron chi connectivity index (χ2n) is 5.62. The van der Waals surface area contributed by atoms with Crippen molar-refractivity contribution in [3.05, 3.63) is 17.0 Å². The van der Waals surface area contributed by atoms with Crippen LogP contribution in [0.5, 0.6) is 0 Å². The van der Waals surface area contributed by atoms with Gasteiger partial charge in [-0.15, -0.1) is 0 Å². The van der Waals surface area contributed by atoms with E-state index in [-0.39, 0.29) is 19.4 Å². The fraction of sp³-hybridized carbons (Fsp3) is 0.714. The first-order valence-corrected chi connectivity index (χ1v) is 7.08. The van der Waals surface area contributed by atoms with Crippen LogP contribution in [-0.2, 0) is 11.2 Å². The van der Waals surface area contributed by atoms with E-state index in [0.717, 1.165) is 11.3 Å². The van der Waals surface area contributed by atoms with E-state index in [2.05, 4.69) is 10.5 Å². The van der Waals surface area contributed by atoms with Crippen LogP contribution in [0.2, 0.25) is 0 Å². The van der Waals surface area contributed by atoms with Crippen LogP contribution in [-0.4, -0.2) is 34.2 Å². The van der Waals surface area contributed by atoms with Crippen molar-refractivity contribution >= 4 is 5.91 Å². The second-order valence-corrected chi connectivity index (χ2v) is 5.62. The zero-order valence-electron chi connectivity index (χ0n) is 12.2. The maximum atomic E-state index is 13.8. The van der Waals surface area contributed by atoms with Crippen LogP contribution in [0.4, 0.5) is 8.78 Å². The van der Waals surface area contributed by atoms with E-state index in [0.29, 0.717) is 25.0 Å². The summed E-state index contributed by atoms with van der Waals surface area (Å²) in [7, 11) is 0. The lowest BCUT2D eigenvalue weighted by Crippen LogP contribution is -2.60. The minimum absolute atomic E-state index is 0.0352. The molecule has 2 rings (SSSR count). The van der Waals surface area contributed by atoms with Gasteiger partial charge in [0.25, 0.3) is 5.91 Å². The number of rotatable bonds is 6. The predicted octanol–water partition coefficient (Wildman–Crippen LogP) is 1.89. The van der Waals surface area contributed by atoms with Crippen LogP contribution in [0.1, 0.15) is 42.7 Å². The lowest BCUT2D eigenvalue weighted by Gasteiger charge is -2.41. The van der Waals surface area contributed by atoms with Gasteiger partial charge in [0, 0.05) is 12.1 Å². The molecule has 2 N–H and O–H groups in total. The van der Waals surface area contributed by atoms with Crippen molar-refractivity contribution < 1.29 is 23.2 Å². The number of aliphatic hydroxyl groups is 1. The van der Waals surface area contributed by atoms with Crippen molar-refractivity contribution in [2.75, 3.05) is 6.54 Å². The topological polar surface area (TPSA) is 75.4 Å². The second kappa shape index (κ2) is 5.71. The van der Waals surface area contributed by atoms with Crippen LogP contribution >= 0.6 is 0 Å². The quantitative estimate of drug-likeness (QED) is 0.787. The number of carbonyl (C=O) groups excluding carboxylic acids is 1. The van der Waals surface area contributed by atoms with Crippen LogP contribution in [0, 0.1) is 13.8 Å². The monoisotopic (exact) mass is 302 g/mol. The number of hydrogen-bond donors (Lipinski definition) is 2. The molecule has 1 aliphatic rings. The Hall–Kier alpha value is -1.50. The van der Waals surface area contributed by atoms with Crippen molar-refractivity contribution in [2.45, 2.75) is 57.5 Å². The van der Waals surface area contributed by atoms with Crippen molar-refractivity contribution in [1.82, 2.24) is 10.5 Å². The Balaban J connectivity index is 1.80. The molecule has 0 unspecified atom stereocenters. The molecule has 5 nitrogen and oxygen atoms in total. The van der Waals surface area contributed by atoms with Gasteiger partial charge in [-0.2, -0.15) is 8.78 Å². The molecular weight excluding hydrogens is 282 g/mol. The average molecular weight is 302 g/mol. The van der Waals surface area contributed by atoms with Crippen molar-refractivity contribution in [3.63, 3.8) is 0 Å². The summed E-state index contributed by atoms with van der Waals surface area (Å²) >= 11 is 0. The van der Waals surface area contributed by atoms with Gasteiger partial charge in [0.15, 0.2) is 0 Å². The van der Waals surface area contributed by atoms with Gasteiger partial charge in [-0.25, -0.2) is 0 Å². The number of hydrogen-bond acceptors (Lipinski definition) is 4. The first-order valence-electron chi connectivity index (χ1n) is 7.08. The molecule has 0 aromatic carbocycles. The summed E-state index contributed by atoms with van der Waals surface area (Å²) in [5.41, 5.74) is -0.458. The first kappa shape index (κ1) is 15.9. The third kappa shape index (κ3) is 2.92. The summed E-state index contributed by atoms with van der Waals surface area (Å²) in [4.78, 5) is 11.5. The third-order valence-electron chi connectivity index (χ3n) is 4.12. The highest BCUT2D eigenvalue weighted by Crippen LogP contribution is 2.44. The van der Waals surface area contributed by atoms with Crippen LogP contribution in [0.25, 0.3) is 0 Å². The molecule has 1 aromatic rings. The molecule has 1 fully saturated rings. The summed E-state index contributed by atoms with van der Waals surface area (Å²) in [6.07, 6.45) is 1.55. The zero-order valence-corrected chi connectivity index (χ0v) is 12.2. The number of alkyl halides is 2. The van der Waals surface area contributed by atoms with Gasteiger partial charge in [-0.1, -0.05) is 5.16 Å². The largest absolute Gasteiger partial charge is 0.383 e. The lowest BCUT2D eigenvalue weighted by molar-refractivity contribution is -0.215. The molecule has 118 valence electrons. The van der Waals surface area contributed by atoms with Gasteiger partial charge in [0.05, 0.1) is 5.69 Å².